The Bertz CT molecular complexity index is 605. The van der Waals surface area contributed by atoms with Gasteiger partial charge in [-0.1, -0.05) is 0 Å². The third kappa shape index (κ3) is 1.84. The van der Waals surface area contributed by atoms with Crippen LogP contribution < -0.4 is 16.4 Å². The number of nitrogens with zero attached hydrogens (tertiary/aromatic N) is 3. The number of fused-ring (bicyclic) bond motifs is 1. The SMILES string of the molecule is Cc1cc(C)c2c(N)nc(NC3CNC3)nc2n1. The van der Waals surface area contributed by atoms with E-state index in [9.17, 15) is 0 Å². The molecule has 1 aliphatic heterocycles. The highest BCUT2D eigenvalue weighted by molar-refractivity contribution is 5.89. The molecule has 18 heavy (non-hydrogen) atoms. The fraction of sp³-hybridized carbons (Fsp3) is 0.417. The lowest BCUT2D eigenvalue weighted by molar-refractivity contribution is 0.470. The average molecular weight is 244 g/mol. The molecule has 2 aromatic heterocycles. The van der Waals surface area contributed by atoms with Crippen molar-refractivity contribution in [1.29, 1.82) is 0 Å². The molecule has 0 aliphatic carbocycles. The molecule has 0 spiro atoms. The third-order valence-electron chi connectivity index (χ3n) is 3.13. The van der Waals surface area contributed by atoms with E-state index in [4.69, 9.17) is 5.73 Å². The van der Waals surface area contributed by atoms with Crippen LogP contribution in [0.1, 0.15) is 11.3 Å². The first-order valence-corrected chi connectivity index (χ1v) is 6.02. The molecule has 0 unspecified atom stereocenters. The zero-order valence-corrected chi connectivity index (χ0v) is 10.5. The van der Waals surface area contributed by atoms with E-state index in [2.05, 4.69) is 25.6 Å². The summed E-state index contributed by atoms with van der Waals surface area (Å²) >= 11 is 0. The minimum absolute atomic E-state index is 0.382. The van der Waals surface area contributed by atoms with Gasteiger partial charge in [0.15, 0.2) is 5.65 Å². The molecule has 4 N–H and O–H groups in total. The van der Waals surface area contributed by atoms with Crippen molar-refractivity contribution in [3.8, 4) is 0 Å². The number of nitrogens with one attached hydrogen (secondary N) is 2. The summed E-state index contributed by atoms with van der Waals surface area (Å²) in [6.45, 7) is 5.82. The van der Waals surface area contributed by atoms with Gasteiger partial charge in [0, 0.05) is 18.8 Å². The van der Waals surface area contributed by atoms with E-state index in [1.165, 1.54) is 0 Å². The Morgan fingerprint density at radius 1 is 1.28 bits per heavy atom. The van der Waals surface area contributed by atoms with Crippen molar-refractivity contribution in [3.63, 3.8) is 0 Å². The van der Waals surface area contributed by atoms with Gasteiger partial charge in [0.1, 0.15) is 5.82 Å². The van der Waals surface area contributed by atoms with Gasteiger partial charge in [0.2, 0.25) is 5.95 Å². The second-order valence-electron chi connectivity index (χ2n) is 4.71. The van der Waals surface area contributed by atoms with Crippen molar-refractivity contribution in [2.75, 3.05) is 24.1 Å². The third-order valence-corrected chi connectivity index (χ3v) is 3.13. The maximum absolute atomic E-state index is 6.00. The summed E-state index contributed by atoms with van der Waals surface area (Å²) in [5.74, 6) is 1.05. The predicted octanol–water partition coefficient (Wildman–Crippen LogP) is 0.608. The smallest absolute Gasteiger partial charge is 0.227 e. The minimum atomic E-state index is 0.382. The van der Waals surface area contributed by atoms with Crippen LogP contribution in [0.3, 0.4) is 0 Å². The number of nitrogen functional groups attached to an aromatic ring is 1. The number of pyridine rings is 1. The van der Waals surface area contributed by atoms with Crippen molar-refractivity contribution in [1.82, 2.24) is 20.3 Å². The van der Waals surface area contributed by atoms with Crippen LogP contribution in [0.4, 0.5) is 11.8 Å². The second kappa shape index (κ2) is 4.06. The van der Waals surface area contributed by atoms with Crippen LogP contribution >= 0.6 is 0 Å². The van der Waals surface area contributed by atoms with Gasteiger partial charge in [-0.3, -0.25) is 0 Å². The fourth-order valence-electron chi connectivity index (χ4n) is 2.15. The second-order valence-corrected chi connectivity index (χ2v) is 4.71. The van der Waals surface area contributed by atoms with E-state index < -0.39 is 0 Å². The van der Waals surface area contributed by atoms with Crippen LogP contribution in [0.25, 0.3) is 11.0 Å². The molecule has 0 amide bonds. The van der Waals surface area contributed by atoms with E-state index in [1.807, 2.05) is 19.9 Å². The van der Waals surface area contributed by atoms with E-state index in [1.54, 1.807) is 0 Å². The van der Waals surface area contributed by atoms with Gasteiger partial charge in [0.05, 0.1) is 11.4 Å². The van der Waals surface area contributed by atoms with Crippen molar-refractivity contribution in [2.24, 2.45) is 0 Å². The quantitative estimate of drug-likeness (QED) is 0.717. The van der Waals surface area contributed by atoms with Crippen LogP contribution in [0.15, 0.2) is 6.07 Å². The zero-order valence-electron chi connectivity index (χ0n) is 10.5. The summed E-state index contributed by atoms with van der Waals surface area (Å²) in [6, 6.07) is 2.37. The van der Waals surface area contributed by atoms with Crippen molar-refractivity contribution in [2.45, 2.75) is 19.9 Å². The average Bonchev–Trinajstić information content (AvgIpc) is 2.21. The first-order chi connectivity index (χ1) is 8.63. The van der Waals surface area contributed by atoms with Crippen molar-refractivity contribution in [3.05, 3.63) is 17.3 Å². The van der Waals surface area contributed by atoms with Gasteiger partial charge in [-0.2, -0.15) is 9.97 Å². The van der Waals surface area contributed by atoms with Gasteiger partial charge in [-0.15, -0.1) is 0 Å². The molecule has 0 radical (unpaired) electrons. The molecule has 0 aromatic carbocycles. The van der Waals surface area contributed by atoms with Crippen LogP contribution in [0.2, 0.25) is 0 Å². The highest BCUT2D eigenvalue weighted by Crippen LogP contribution is 2.22. The molecule has 6 nitrogen and oxygen atoms in total. The number of aryl methyl sites for hydroxylation is 2. The molecule has 0 atom stereocenters. The molecule has 1 fully saturated rings. The lowest BCUT2D eigenvalue weighted by Crippen LogP contribution is -2.51. The van der Waals surface area contributed by atoms with Crippen molar-refractivity contribution < 1.29 is 0 Å². The first-order valence-electron chi connectivity index (χ1n) is 6.02. The maximum Gasteiger partial charge on any atom is 0.227 e. The Hall–Kier alpha value is -1.95. The van der Waals surface area contributed by atoms with Gasteiger partial charge >= 0.3 is 0 Å². The highest BCUT2D eigenvalue weighted by Gasteiger charge is 2.18. The Kier molecular flexibility index (Phi) is 2.52. The van der Waals surface area contributed by atoms with Gasteiger partial charge < -0.3 is 16.4 Å². The topological polar surface area (TPSA) is 88.8 Å². The predicted molar refractivity (Wildman–Crippen MR) is 71.5 cm³/mol. The molecule has 1 aliphatic rings. The van der Waals surface area contributed by atoms with E-state index in [0.717, 1.165) is 29.7 Å². The number of aromatic nitrogens is 3. The highest BCUT2D eigenvalue weighted by atomic mass is 15.2. The lowest BCUT2D eigenvalue weighted by atomic mass is 10.1. The van der Waals surface area contributed by atoms with Crippen LogP contribution in [0.5, 0.6) is 0 Å². The van der Waals surface area contributed by atoms with Gasteiger partial charge in [-0.05, 0) is 25.5 Å². The molecular formula is C12H16N6. The number of rotatable bonds is 2. The zero-order chi connectivity index (χ0) is 12.7. The molecule has 1 saturated heterocycles. The number of nitrogens with two attached hydrogens (primary N) is 1. The summed E-state index contributed by atoms with van der Waals surface area (Å²) in [5, 5.41) is 7.28. The molecule has 0 saturated carbocycles. The minimum Gasteiger partial charge on any atom is -0.383 e. The van der Waals surface area contributed by atoms with Crippen LogP contribution in [-0.4, -0.2) is 34.1 Å². The molecule has 6 heteroatoms. The normalized spacial score (nSPS) is 15.7. The lowest BCUT2D eigenvalue weighted by Gasteiger charge is -2.27. The summed E-state index contributed by atoms with van der Waals surface area (Å²) in [7, 11) is 0. The molecule has 2 aromatic rings. The van der Waals surface area contributed by atoms with Crippen LogP contribution in [-0.2, 0) is 0 Å². The Labute approximate surface area is 105 Å². The monoisotopic (exact) mass is 244 g/mol. The Balaban J connectivity index is 2.07. The molecule has 94 valence electrons. The van der Waals surface area contributed by atoms with Gasteiger partial charge in [-0.25, -0.2) is 4.98 Å². The number of anilines is 2. The number of hydrogen-bond donors (Lipinski definition) is 3. The fourth-order valence-corrected chi connectivity index (χ4v) is 2.15. The summed E-state index contributed by atoms with van der Waals surface area (Å²) < 4.78 is 0. The van der Waals surface area contributed by atoms with E-state index in [-0.39, 0.29) is 0 Å². The maximum atomic E-state index is 6.00. The number of hydrogen-bond acceptors (Lipinski definition) is 6. The van der Waals surface area contributed by atoms with Crippen molar-refractivity contribution >= 4 is 22.8 Å². The summed E-state index contributed by atoms with van der Waals surface area (Å²) in [4.78, 5) is 13.2. The van der Waals surface area contributed by atoms with Gasteiger partial charge in [0.25, 0.3) is 0 Å². The van der Waals surface area contributed by atoms with E-state index in [0.29, 0.717) is 23.5 Å². The first kappa shape index (κ1) is 11.2. The van der Waals surface area contributed by atoms with E-state index >= 15 is 0 Å². The molecule has 0 bridgehead atoms. The Morgan fingerprint density at radius 2 is 2.06 bits per heavy atom. The summed E-state index contributed by atoms with van der Waals surface area (Å²) in [6.07, 6.45) is 0. The molecular weight excluding hydrogens is 228 g/mol. The van der Waals surface area contributed by atoms with Crippen LogP contribution in [0, 0.1) is 13.8 Å². The largest absolute Gasteiger partial charge is 0.383 e. The Morgan fingerprint density at radius 3 is 2.72 bits per heavy atom. The molecule has 3 heterocycles. The standard InChI is InChI=1S/C12H16N6/c1-6-3-7(2)15-11-9(6)10(13)17-12(18-11)16-8-4-14-5-8/h3,8,14H,4-5H2,1-2H3,(H3,13,15,16,17,18). The summed E-state index contributed by atoms with van der Waals surface area (Å²) in [5.41, 5.74) is 8.66. The molecule has 3 rings (SSSR count).